The second-order valence-corrected chi connectivity index (χ2v) is 7.56. The van der Waals surface area contributed by atoms with Gasteiger partial charge in [-0.1, -0.05) is 12.1 Å². The van der Waals surface area contributed by atoms with Crippen LogP contribution in [0.3, 0.4) is 0 Å². The van der Waals surface area contributed by atoms with Crippen LogP contribution in [0.25, 0.3) is 0 Å². The first-order valence-corrected chi connectivity index (χ1v) is 10.3. The lowest BCUT2D eigenvalue weighted by Gasteiger charge is -2.38. The Morgan fingerprint density at radius 3 is 2.61 bits per heavy atom. The van der Waals surface area contributed by atoms with Gasteiger partial charge in [-0.05, 0) is 24.6 Å². The third-order valence-electron chi connectivity index (χ3n) is 5.57. The van der Waals surface area contributed by atoms with E-state index in [-0.39, 0.29) is 0 Å². The Morgan fingerprint density at radius 1 is 1.04 bits per heavy atom. The third kappa shape index (κ3) is 4.28. The van der Waals surface area contributed by atoms with E-state index in [0.29, 0.717) is 6.61 Å². The maximum absolute atomic E-state index is 5.71. The van der Waals surface area contributed by atoms with Gasteiger partial charge in [-0.2, -0.15) is 0 Å². The minimum Gasteiger partial charge on any atom is -0.384 e. The number of aryl methyl sites for hydroxylation is 1. The number of benzene rings is 1. The molecular weight excluding hydrogens is 352 g/mol. The van der Waals surface area contributed by atoms with Crippen molar-refractivity contribution in [1.29, 1.82) is 0 Å². The topological polar surface area (TPSA) is 50.7 Å². The second kappa shape index (κ2) is 8.88. The van der Waals surface area contributed by atoms with Gasteiger partial charge in [0, 0.05) is 63.8 Å². The molecule has 2 aromatic rings. The Bertz CT molecular complexity index is 803. The molecule has 0 atom stereocenters. The van der Waals surface area contributed by atoms with Crippen LogP contribution in [-0.4, -0.2) is 63.1 Å². The smallest absolute Gasteiger partial charge is 0.135 e. The fraction of sp³-hybridized carbons (Fsp3) is 0.545. The number of rotatable bonds is 5. The monoisotopic (exact) mass is 382 g/mol. The summed E-state index contributed by atoms with van der Waals surface area (Å²) in [5, 5.41) is 0. The summed E-state index contributed by atoms with van der Waals surface area (Å²) in [7, 11) is 1.72. The van der Waals surface area contributed by atoms with Crippen molar-refractivity contribution >= 4 is 11.5 Å². The number of piperazine rings is 1. The van der Waals surface area contributed by atoms with Crippen LogP contribution in [0.1, 0.15) is 22.6 Å². The van der Waals surface area contributed by atoms with E-state index in [1.807, 2.05) is 0 Å². The summed E-state index contributed by atoms with van der Waals surface area (Å²) in [5.74, 6) is 2.00. The highest BCUT2D eigenvalue weighted by Crippen LogP contribution is 2.27. The molecule has 0 radical (unpaired) electrons. The summed E-state index contributed by atoms with van der Waals surface area (Å²) < 4.78 is 11.0. The highest BCUT2D eigenvalue weighted by atomic mass is 16.5. The van der Waals surface area contributed by atoms with E-state index < -0.39 is 0 Å². The molecule has 1 fully saturated rings. The quantitative estimate of drug-likeness (QED) is 0.792. The van der Waals surface area contributed by atoms with Gasteiger partial charge in [0.1, 0.15) is 11.6 Å². The van der Waals surface area contributed by atoms with Crippen molar-refractivity contribution in [2.45, 2.75) is 26.2 Å². The number of hydrogen-bond acceptors (Lipinski definition) is 6. The number of ether oxygens (including phenoxy) is 2. The van der Waals surface area contributed by atoms with Crippen molar-refractivity contribution in [3.63, 3.8) is 0 Å². The van der Waals surface area contributed by atoms with Gasteiger partial charge < -0.3 is 19.3 Å². The van der Waals surface area contributed by atoms with E-state index in [2.05, 4.69) is 41.0 Å². The van der Waals surface area contributed by atoms with E-state index in [1.54, 1.807) is 7.11 Å². The number of methoxy groups -OCH3 is 1. The van der Waals surface area contributed by atoms with Gasteiger partial charge in [0.25, 0.3) is 0 Å². The van der Waals surface area contributed by atoms with E-state index in [1.165, 1.54) is 16.8 Å². The summed E-state index contributed by atoms with van der Waals surface area (Å²) in [6.07, 6.45) is 2.52. The van der Waals surface area contributed by atoms with Gasteiger partial charge >= 0.3 is 0 Å². The largest absolute Gasteiger partial charge is 0.384 e. The lowest BCUT2D eigenvalue weighted by atomic mass is 10.1. The molecule has 6 heteroatoms. The Balaban J connectivity index is 1.55. The molecule has 4 rings (SSSR count). The maximum Gasteiger partial charge on any atom is 0.135 e. The maximum atomic E-state index is 5.71. The van der Waals surface area contributed by atoms with Crippen molar-refractivity contribution in [1.82, 2.24) is 9.97 Å². The predicted octanol–water partition coefficient (Wildman–Crippen LogP) is 2.42. The van der Waals surface area contributed by atoms with Crippen LogP contribution in [-0.2, 0) is 28.7 Å². The molecule has 150 valence electrons. The molecule has 0 N–H and O–H groups in total. The number of nitrogens with zero attached hydrogens (tertiary/aromatic N) is 4. The Morgan fingerprint density at radius 2 is 1.82 bits per heavy atom. The van der Waals surface area contributed by atoms with E-state index in [0.717, 1.165) is 76.0 Å². The molecule has 0 spiro atoms. The highest BCUT2D eigenvalue weighted by Gasteiger charge is 2.24. The Kier molecular flexibility index (Phi) is 6.07. The minimum absolute atomic E-state index is 0.649. The summed E-state index contributed by atoms with van der Waals surface area (Å²) in [4.78, 5) is 14.7. The van der Waals surface area contributed by atoms with Crippen LogP contribution in [0.2, 0.25) is 0 Å². The lowest BCUT2D eigenvalue weighted by molar-refractivity contribution is 0.146. The second-order valence-electron chi connectivity index (χ2n) is 7.56. The fourth-order valence-electron chi connectivity index (χ4n) is 4.04. The highest BCUT2D eigenvalue weighted by molar-refractivity contribution is 5.54. The zero-order valence-corrected chi connectivity index (χ0v) is 17.0. The first kappa shape index (κ1) is 19.2. The standard InChI is InChI=1S/C22H30N4O2/c1-17-4-3-5-18(16-17)25-9-11-26(12-10-25)22-19-6-14-28-15-7-20(19)23-21(24-22)8-13-27-2/h3-5,16H,6-15H2,1-2H3. The molecule has 0 aliphatic carbocycles. The molecule has 0 saturated carbocycles. The van der Waals surface area contributed by atoms with Crippen LogP contribution < -0.4 is 9.80 Å². The fourth-order valence-corrected chi connectivity index (χ4v) is 4.04. The van der Waals surface area contributed by atoms with Gasteiger partial charge in [0.15, 0.2) is 0 Å². The van der Waals surface area contributed by atoms with Gasteiger partial charge in [-0.25, -0.2) is 9.97 Å². The Labute approximate surface area is 167 Å². The van der Waals surface area contributed by atoms with Crippen molar-refractivity contribution in [2.24, 2.45) is 0 Å². The molecular formula is C22H30N4O2. The van der Waals surface area contributed by atoms with E-state index >= 15 is 0 Å². The van der Waals surface area contributed by atoms with Crippen LogP contribution in [0.15, 0.2) is 24.3 Å². The number of anilines is 2. The molecule has 1 aromatic carbocycles. The molecule has 0 amide bonds. The molecule has 2 aliphatic rings. The van der Waals surface area contributed by atoms with Crippen molar-refractivity contribution in [3.05, 3.63) is 46.9 Å². The summed E-state index contributed by atoms with van der Waals surface area (Å²) in [6, 6.07) is 8.77. The summed E-state index contributed by atoms with van der Waals surface area (Å²) in [6.45, 7) is 8.26. The summed E-state index contributed by atoms with van der Waals surface area (Å²) in [5.41, 5.74) is 5.07. The molecule has 1 saturated heterocycles. The van der Waals surface area contributed by atoms with Gasteiger partial charge in [-0.3, -0.25) is 0 Å². The van der Waals surface area contributed by atoms with Crippen molar-refractivity contribution in [3.8, 4) is 0 Å². The lowest BCUT2D eigenvalue weighted by Crippen LogP contribution is -2.47. The molecule has 2 aliphatic heterocycles. The SMILES string of the molecule is COCCc1nc2c(c(N3CCN(c4cccc(C)c4)CC3)n1)CCOCC2. The van der Waals surface area contributed by atoms with Gasteiger partial charge in [-0.15, -0.1) is 0 Å². The van der Waals surface area contributed by atoms with E-state index in [9.17, 15) is 0 Å². The van der Waals surface area contributed by atoms with Crippen LogP contribution in [0, 0.1) is 6.92 Å². The first-order valence-electron chi connectivity index (χ1n) is 10.3. The van der Waals surface area contributed by atoms with Crippen LogP contribution in [0.4, 0.5) is 11.5 Å². The van der Waals surface area contributed by atoms with Gasteiger partial charge in [0.2, 0.25) is 0 Å². The molecule has 28 heavy (non-hydrogen) atoms. The normalized spacial score (nSPS) is 17.4. The predicted molar refractivity (Wildman–Crippen MR) is 111 cm³/mol. The molecule has 3 heterocycles. The molecule has 6 nitrogen and oxygen atoms in total. The van der Waals surface area contributed by atoms with Crippen molar-refractivity contribution in [2.75, 3.05) is 62.9 Å². The van der Waals surface area contributed by atoms with Crippen LogP contribution >= 0.6 is 0 Å². The van der Waals surface area contributed by atoms with Gasteiger partial charge in [0.05, 0.1) is 25.5 Å². The minimum atomic E-state index is 0.649. The number of aromatic nitrogens is 2. The average Bonchev–Trinajstić information content (AvgIpc) is 2.97. The molecule has 0 bridgehead atoms. The zero-order chi connectivity index (χ0) is 19.3. The first-order chi connectivity index (χ1) is 13.7. The molecule has 0 unspecified atom stereocenters. The Hall–Kier alpha value is -2.18. The van der Waals surface area contributed by atoms with Crippen LogP contribution in [0.5, 0.6) is 0 Å². The summed E-state index contributed by atoms with van der Waals surface area (Å²) >= 11 is 0. The van der Waals surface area contributed by atoms with Crippen molar-refractivity contribution < 1.29 is 9.47 Å². The zero-order valence-electron chi connectivity index (χ0n) is 17.0. The number of hydrogen-bond donors (Lipinski definition) is 0. The molecule has 1 aromatic heterocycles. The van der Waals surface area contributed by atoms with E-state index in [4.69, 9.17) is 19.4 Å². The number of fused-ring (bicyclic) bond motifs is 1. The average molecular weight is 383 g/mol. The third-order valence-corrected chi connectivity index (χ3v) is 5.57.